The maximum atomic E-state index is 6.37. The summed E-state index contributed by atoms with van der Waals surface area (Å²) in [5, 5.41) is 0.898. The van der Waals surface area contributed by atoms with Gasteiger partial charge < -0.3 is 24.7 Å². The first-order valence-electron chi connectivity index (χ1n) is 13.5. The number of piperidine rings is 1. The fraction of sp³-hybridized carbons (Fsp3) is 0.290. The number of rotatable bonds is 7. The molecule has 5 aromatic rings. The SMILES string of the molecule is Cc1cc(OCc2cnc(C)nc2)cc(Oc2ccc(-c3cn(C4CCN(C)CC4)c4ncnc(N)c34)cc2)c1. The third-order valence-corrected chi connectivity index (χ3v) is 7.39. The van der Waals surface area contributed by atoms with Gasteiger partial charge in [0.2, 0.25) is 0 Å². The van der Waals surface area contributed by atoms with E-state index < -0.39 is 0 Å². The summed E-state index contributed by atoms with van der Waals surface area (Å²) in [7, 11) is 2.17. The molecule has 0 radical (unpaired) electrons. The Bertz CT molecular complexity index is 1620. The topological polar surface area (TPSA) is 104 Å². The molecule has 1 saturated heterocycles. The number of hydrogen-bond acceptors (Lipinski definition) is 8. The monoisotopic (exact) mass is 535 g/mol. The molecule has 0 spiro atoms. The van der Waals surface area contributed by atoms with E-state index in [1.165, 1.54) is 0 Å². The Kier molecular flexibility index (Phi) is 7.04. The van der Waals surface area contributed by atoms with Crippen LogP contribution < -0.4 is 15.2 Å². The summed E-state index contributed by atoms with van der Waals surface area (Å²) in [6.45, 7) is 6.40. The number of aryl methyl sites for hydroxylation is 2. The molecule has 1 aliphatic heterocycles. The van der Waals surface area contributed by atoms with Crippen LogP contribution in [0.1, 0.15) is 35.8 Å². The van der Waals surface area contributed by atoms with Crippen molar-refractivity contribution in [1.82, 2.24) is 29.4 Å². The Labute approximate surface area is 233 Å². The molecule has 1 aliphatic rings. The third-order valence-electron chi connectivity index (χ3n) is 7.39. The molecule has 1 fully saturated rings. The van der Waals surface area contributed by atoms with E-state index in [0.29, 0.717) is 24.2 Å². The molecule has 0 atom stereocenters. The highest BCUT2D eigenvalue weighted by Gasteiger charge is 2.23. The lowest BCUT2D eigenvalue weighted by Gasteiger charge is -2.30. The number of aromatic nitrogens is 5. The van der Waals surface area contributed by atoms with Crippen LogP contribution >= 0.6 is 0 Å². The molecule has 0 unspecified atom stereocenters. The molecule has 204 valence electrons. The molecular weight excluding hydrogens is 502 g/mol. The lowest BCUT2D eigenvalue weighted by atomic mass is 10.1. The van der Waals surface area contributed by atoms with Crippen LogP contribution in [0.15, 0.2) is 67.4 Å². The third kappa shape index (κ3) is 5.46. The Hall–Kier alpha value is -4.50. The maximum absolute atomic E-state index is 6.37. The number of ether oxygens (including phenoxy) is 2. The smallest absolute Gasteiger partial charge is 0.146 e. The van der Waals surface area contributed by atoms with Crippen LogP contribution in [-0.4, -0.2) is 49.5 Å². The number of anilines is 1. The second-order valence-electron chi connectivity index (χ2n) is 10.5. The average molecular weight is 536 g/mol. The van der Waals surface area contributed by atoms with E-state index >= 15 is 0 Å². The van der Waals surface area contributed by atoms with Crippen LogP contribution in [0, 0.1) is 13.8 Å². The second-order valence-corrected chi connectivity index (χ2v) is 10.5. The molecule has 2 N–H and O–H groups in total. The van der Waals surface area contributed by atoms with Crippen LogP contribution in [0.5, 0.6) is 17.2 Å². The summed E-state index contributed by atoms with van der Waals surface area (Å²) in [6, 6.07) is 14.3. The van der Waals surface area contributed by atoms with E-state index in [1.807, 2.05) is 44.2 Å². The van der Waals surface area contributed by atoms with E-state index in [-0.39, 0.29) is 0 Å². The van der Waals surface area contributed by atoms with E-state index in [0.717, 1.165) is 76.5 Å². The Balaban J connectivity index is 1.22. The van der Waals surface area contributed by atoms with Crippen LogP contribution in [0.2, 0.25) is 0 Å². The Morgan fingerprint density at radius 3 is 2.38 bits per heavy atom. The highest BCUT2D eigenvalue weighted by molar-refractivity contribution is 6.00. The molecule has 3 aromatic heterocycles. The number of benzene rings is 2. The van der Waals surface area contributed by atoms with Crippen molar-refractivity contribution in [3.8, 4) is 28.4 Å². The number of hydrogen-bond donors (Lipinski definition) is 1. The Morgan fingerprint density at radius 1 is 0.900 bits per heavy atom. The van der Waals surface area contributed by atoms with Crippen molar-refractivity contribution >= 4 is 16.9 Å². The zero-order chi connectivity index (χ0) is 27.6. The van der Waals surface area contributed by atoms with Gasteiger partial charge in [0.15, 0.2) is 0 Å². The standard InChI is InChI=1S/C31H33N7O2/c1-20-12-26(39-18-22-15-33-21(2)34-16-22)14-27(13-20)40-25-6-4-23(5-7-25)28-17-38(24-8-10-37(3)11-9-24)31-29(28)30(32)35-19-36-31/h4-7,12-17,19,24H,8-11,18H2,1-3H3,(H2,32,35,36). The largest absolute Gasteiger partial charge is 0.489 e. The number of nitrogens with two attached hydrogens (primary N) is 1. The zero-order valence-corrected chi connectivity index (χ0v) is 23.0. The summed E-state index contributed by atoms with van der Waals surface area (Å²) in [5.74, 6) is 3.40. The number of nitrogen functional groups attached to an aromatic ring is 1. The van der Waals surface area contributed by atoms with Gasteiger partial charge in [-0.05, 0) is 82.2 Å². The van der Waals surface area contributed by atoms with Gasteiger partial charge in [-0.3, -0.25) is 0 Å². The first-order valence-corrected chi connectivity index (χ1v) is 13.5. The maximum Gasteiger partial charge on any atom is 0.146 e. The first-order chi connectivity index (χ1) is 19.4. The van der Waals surface area contributed by atoms with Crippen LogP contribution in [0.25, 0.3) is 22.2 Å². The summed E-state index contributed by atoms with van der Waals surface area (Å²) < 4.78 is 14.5. The minimum atomic E-state index is 0.385. The van der Waals surface area contributed by atoms with Gasteiger partial charge >= 0.3 is 0 Å². The van der Waals surface area contributed by atoms with Gasteiger partial charge in [0.25, 0.3) is 0 Å². The number of fused-ring (bicyclic) bond motifs is 1. The predicted octanol–water partition coefficient (Wildman–Crippen LogP) is 5.73. The minimum absolute atomic E-state index is 0.385. The van der Waals surface area contributed by atoms with E-state index in [2.05, 4.69) is 54.8 Å². The number of nitrogens with zero attached hydrogens (tertiary/aromatic N) is 6. The van der Waals surface area contributed by atoms with Crippen molar-refractivity contribution in [2.45, 2.75) is 39.3 Å². The molecule has 2 aromatic carbocycles. The molecule has 40 heavy (non-hydrogen) atoms. The zero-order valence-electron chi connectivity index (χ0n) is 23.0. The summed E-state index contributed by atoms with van der Waals surface area (Å²) in [6.07, 6.45) is 9.46. The van der Waals surface area contributed by atoms with Crippen molar-refractivity contribution in [3.05, 3.63) is 84.3 Å². The summed E-state index contributed by atoms with van der Waals surface area (Å²) in [5.41, 5.74) is 11.3. The first kappa shape index (κ1) is 25.8. The molecule has 0 saturated carbocycles. The van der Waals surface area contributed by atoms with Gasteiger partial charge in [0.05, 0.1) is 5.39 Å². The molecule has 0 amide bonds. The second kappa shape index (κ2) is 10.9. The van der Waals surface area contributed by atoms with E-state index in [4.69, 9.17) is 15.2 Å². The van der Waals surface area contributed by atoms with Gasteiger partial charge in [-0.2, -0.15) is 0 Å². The normalized spacial score (nSPS) is 14.5. The molecular formula is C31H33N7O2. The lowest BCUT2D eigenvalue weighted by Crippen LogP contribution is -2.31. The van der Waals surface area contributed by atoms with E-state index in [1.54, 1.807) is 18.7 Å². The highest BCUT2D eigenvalue weighted by atomic mass is 16.5. The molecule has 4 heterocycles. The van der Waals surface area contributed by atoms with Gasteiger partial charge in [0, 0.05) is 41.8 Å². The molecule has 9 nitrogen and oxygen atoms in total. The molecule has 0 aliphatic carbocycles. The van der Waals surface area contributed by atoms with Gasteiger partial charge in [-0.25, -0.2) is 19.9 Å². The van der Waals surface area contributed by atoms with Gasteiger partial charge in [-0.1, -0.05) is 12.1 Å². The van der Waals surface area contributed by atoms with Crippen LogP contribution in [-0.2, 0) is 6.61 Å². The van der Waals surface area contributed by atoms with Crippen LogP contribution in [0.4, 0.5) is 5.82 Å². The predicted molar refractivity (Wildman–Crippen MR) is 155 cm³/mol. The van der Waals surface area contributed by atoms with Crippen molar-refractivity contribution in [2.24, 2.45) is 0 Å². The number of likely N-dealkylation sites (tertiary alicyclic amines) is 1. The van der Waals surface area contributed by atoms with E-state index in [9.17, 15) is 0 Å². The van der Waals surface area contributed by atoms with Crippen molar-refractivity contribution in [2.75, 3.05) is 25.9 Å². The van der Waals surface area contributed by atoms with Crippen molar-refractivity contribution in [3.63, 3.8) is 0 Å². The molecule has 0 bridgehead atoms. The Morgan fingerprint density at radius 2 is 1.62 bits per heavy atom. The average Bonchev–Trinajstić information content (AvgIpc) is 3.34. The molecule has 9 heteroatoms. The highest BCUT2D eigenvalue weighted by Crippen LogP contribution is 2.37. The summed E-state index contributed by atoms with van der Waals surface area (Å²) >= 11 is 0. The quantitative estimate of drug-likeness (QED) is 0.282. The minimum Gasteiger partial charge on any atom is -0.489 e. The van der Waals surface area contributed by atoms with Gasteiger partial charge in [0.1, 0.15) is 47.5 Å². The lowest BCUT2D eigenvalue weighted by molar-refractivity contribution is 0.224. The van der Waals surface area contributed by atoms with Crippen molar-refractivity contribution < 1.29 is 9.47 Å². The van der Waals surface area contributed by atoms with Crippen molar-refractivity contribution in [1.29, 1.82) is 0 Å². The fourth-order valence-corrected chi connectivity index (χ4v) is 5.23. The summed E-state index contributed by atoms with van der Waals surface area (Å²) in [4.78, 5) is 19.7. The molecule has 6 rings (SSSR count). The van der Waals surface area contributed by atoms with Gasteiger partial charge in [-0.15, -0.1) is 0 Å². The van der Waals surface area contributed by atoms with Crippen LogP contribution in [0.3, 0.4) is 0 Å². The fourth-order valence-electron chi connectivity index (χ4n) is 5.23.